The van der Waals surface area contributed by atoms with Crippen LogP contribution in [0.2, 0.25) is 0 Å². The molecule has 1 atom stereocenters. The van der Waals surface area contributed by atoms with Crippen LogP contribution in [0, 0.1) is 12.7 Å². The number of benzene rings is 2. The Bertz CT molecular complexity index is 777. The second-order valence-electron chi connectivity index (χ2n) is 4.84. The Balaban J connectivity index is 2.39. The first kappa shape index (κ1) is 13.1. The van der Waals surface area contributed by atoms with Crippen LogP contribution in [0.5, 0.6) is 0 Å². The van der Waals surface area contributed by atoms with Gasteiger partial charge in [-0.05, 0) is 43.7 Å². The third-order valence-corrected chi connectivity index (χ3v) is 3.55. The number of aromatic nitrogens is 2. The van der Waals surface area contributed by atoms with Gasteiger partial charge in [-0.25, -0.2) is 9.37 Å². The van der Waals surface area contributed by atoms with E-state index >= 15 is 0 Å². The lowest BCUT2D eigenvalue weighted by atomic mass is 10.2. The maximum atomic E-state index is 13.6. The van der Waals surface area contributed by atoms with Crippen LogP contribution in [-0.2, 0) is 0 Å². The van der Waals surface area contributed by atoms with Gasteiger partial charge in [-0.3, -0.25) is 4.57 Å². The molecule has 0 radical (unpaired) electrons. The zero-order chi connectivity index (χ0) is 14.3. The van der Waals surface area contributed by atoms with Crippen molar-refractivity contribution in [3.63, 3.8) is 0 Å². The number of rotatable bonds is 2. The van der Waals surface area contributed by atoms with Crippen molar-refractivity contribution in [1.29, 1.82) is 0 Å². The maximum Gasteiger partial charge on any atom is 0.132 e. The molecular weight excluding hydrogens is 275 g/mol. The number of para-hydroxylation sites is 2. The van der Waals surface area contributed by atoms with Crippen molar-refractivity contribution in [1.82, 2.24) is 9.55 Å². The summed E-state index contributed by atoms with van der Waals surface area (Å²) < 4.78 is 15.5. The van der Waals surface area contributed by atoms with Crippen LogP contribution in [-0.4, -0.2) is 9.55 Å². The maximum absolute atomic E-state index is 13.6. The highest BCUT2D eigenvalue weighted by atomic mass is 35.5. The summed E-state index contributed by atoms with van der Waals surface area (Å²) in [6, 6.07) is 12.5. The summed E-state index contributed by atoms with van der Waals surface area (Å²) in [5, 5.41) is -0.259. The van der Waals surface area contributed by atoms with Gasteiger partial charge >= 0.3 is 0 Å². The predicted molar refractivity (Wildman–Crippen MR) is 80.0 cm³/mol. The molecule has 1 unspecified atom stereocenters. The Hall–Kier alpha value is -1.87. The van der Waals surface area contributed by atoms with Gasteiger partial charge in [0.05, 0.1) is 22.1 Å². The largest absolute Gasteiger partial charge is 0.295 e. The molecule has 0 N–H and O–H groups in total. The highest BCUT2D eigenvalue weighted by molar-refractivity contribution is 6.20. The minimum atomic E-state index is -0.267. The molecule has 1 heterocycles. The highest BCUT2D eigenvalue weighted by Crippen LogP contribution is 2.29. The third-order valence-electron chi connectivity index (χ3n) is 3.35. The molecule has 102 valence electrons. The smallest absolute Gasteiger partial charge is 0.132 e. The van der Waals surface area contributed by atoms with Crippen molar-refractivity contribution in [2.24, 2.45) is 0 Å². The molecule has 4 heteroatoms. The minimum absolute atomic E-state index is 0.259. The van der Waals surface area contributed by atoms with E-state index < -0.39 is 0 Å². The van der Waals surface area contributed by atoms with E-state index in [-0.39, 0.29) is 11.2 Å². The molecule has 2 aromatic carbocycles. The summed E-state index contributed by atoms with van der Waals surface area (Å²) in [7, 11) is 0. The Kier molecular flexibility index (Phi) is 3.22. The Labute approximate surface area is 121 Å². The fraction of sp³-hybridized carbons (Fsp3) is 0.188. The summed E-state index contributed by atoms with van der Waals surface area (Å²) in [6.45, 7) is 3.82. The van der Waals surface area contributed by atoms with E-state index in [1.165, 1.54) is 12.1 Å². The molecule has 20 heavy (non-hydrogen) atoms. The summed E-state index contributed by atoms with van der Waals surface area (Å²) in [5.41, 5.74) is 3.55. The predicted octanol–water partition coefficient (Wildman–Crippen LogP) is 4.77. The lowest BCUT2D eigenvalue weighted by Crippen LogP contribution is -2.04. The standard InChI is InChI=1S/C16H14ClFN2/c1-10-7-8-12(18)9-15(10)20-14-6-4-3-5-13(14)19-16(20)11(2)17/h3-9,11H,1-2H3. The van der Waals surface area contributed by atoms with Crippen LogP contribution in [0.25, 0.3) is 16.7 Å². The van der Waals surface area contributed by atoms with Gasteiger partial charge in [-0.1, -0.05) is 18.2 Å². The molecule has 0 fully saturated rings. The molecule has 0 spiro atoms. The highest BCUT2D eigenvalue weighted by Gasteiger charge is 2.17. The first-order valence-electron chi connectivity index (χ1n) is 6.46. The second-order valence-corrected chi connectivity index (χ2v) is 5.50. The Morgan fingerprint density at radius 3 is 2.70 bits per heavy atom. The van der Waals surface area contributed by atoms with Crippen LogP contribution in [0.15, 0.2) is 42.5 Å². The molecule has 3 rings (SSSR count). The molecule has 3 aromatic rings. The lowest BCUT2D eigenvalue weighted by molar-refractivity contribution is 0.625. The van der Waals surface area contributed by atoms with Crippen molar-refractivity contribution in [2.45, 2.75) is 19.2 Å². The summed E-state index contributed by atoms with van der Waals surface area (Å²) in [4.78, 5) is 4.57. The van der Waals surface area contributed by atoms with Crippen molar-refractivity contribution >= 4 is 22.6 Å². The first-order chi connectivity index (χ1) is 9.58. The Morgan fingerprint density at radius 2 is 1.95 bits per heavy atom. The van der Waals surface area contributed by atoms with E-state index in [4.69, 9.17) is 11.6 Å². The van der Waals surface area contributed by atoms with Crippen LogP contribution < -0.4 is 0 Å². The van der Waals surface area contributed by atoms with E-state index in [1.807, 2.05) is 42.7 Å². The van der Waals surface area contributed by atoms with Crippen molar-refractivity contribution in [2.75, 3.05) is 0 Å². The van der Waals surface area contributed by atoms with Gasteiger partial charge in [-0.2, -0.15) is 0 Å². The topological polar surface area (TPSA) is 17.8 Å². The monoisotopic (exact) mass is 288 g/mol. The quantitative estimate of drug-likeness (QED) is 0.621. The molecule has 0 bridgehead atoms. The molecule has 1 aromatic heterocycles. The van der Waals surface area contributed by atoms with Crippen molar-refractivity contribution in [3.8, 4) is 5.69 Å². The fourth-order valence-corrected chi connectivity index (χ4v) is 2.53. The summed E-state index contributed by atoms with van der Waals surface area (Å²) in [6.07, 6.45) is 0. The number of fused-ring (bicyclic) bond motifs is 1. The van der Waals surface area contributed by atoms with Gasteiger partial charge in [-0.15, -0.1) is 11.6 Å². The van der Waals surface area contributed by atoms with E-state index in [0.29, 0.717) is 0 Å². The van der Waals surface area contributed by atoms with Gasteiger partial charge in [0.2, 0.25) is 0 Å². The molecule has 0 aliphatic rings. The molecule has 0 saturated carbocycles. The lowest BCUT2D eigenvalue weighted by Gasteiger charge is -2.13. The third kappa shape index (κ3) is 2.08. The molecular formula is C16H14ClFN2. The van der Waals surface area contributed by atoms with Crippen LogP contribution in [0.3, 0.4) is 0 Å². The minimum Gasteiger partial charge on any atom is -0.295 e. The number of hydrogen-bond donors (Lipinski definition) is 0. The average molecular weight is 289 g/mol. The van der Waals surface area contributed by atoms with Crippen molar-refractivity contribution in [3.05, 3.63) is 59.7 Å². The zero-order valence-corrected chi connectivity index (χ0v) is 12.0. The van der Waals surface area contributed by atoms with E-state index in [9.17, 15) is 4.39 Å². The van der Waals surface area contributed by atoms with E-state index in [0.717, 1.165) is 28.1 Å². The van der Waals surface area contributed by atoms with Gasteiger partial charge in [0.1, 0.15) is 11.6 Å². The summed E-state index contributed by atoms with van der Waals surface area (Å²) >= 11 is 6.24. The number of nitrogens with zero attached hydrogens (tertiary/aromatic N) is 2. The Morgan fingerprint density at radius 1 is 1.20 bits per heavy atom. The number of halogens is 2. The van der Waals surface area contributed by atoms with Gasteiger partial charge in [0, 0.05) is 0 Å². The fourth-order valence-electron chi connectivity index (χ4n) is 2.39. The SMILES string of the molecule is Cc1ccc(F)cc1-n1c(C(C)Cl)nc2ccccc21. The molecule has 0 amide bonds. The van der Waals surface area contributed by atoms with Crippen LogP contribution >= 0.6 is 11.6 Å². The number of hydrogen-bond acceptors (Lipinski definition) is 1. The molecule has 0 aliphatic carbocycles. The van der Waals surface area contributed by atoms with E-state index in [1.54, 1.807) is 6.07 Å². The normalized spacial score (nSPS) is 12.8. The van der Waals surface area contributed by atoms with Crippen LogP contribution in [0.4, 0.5) is 4.39 Å². The summed E-state index contributed by atoms with van der Waals surface area (Å²) in [5.74, 6) is 0.457. The van der Waals surface area contributed by atoms with Gasteiger partial charge < -0.3 is 0 Å². The van der Waals surface area contributed by atoms with Crippen LogP contribution in [0.1, 0.15) is 23.7 Å². The van der Waals surface area contributed by atoms with Gasteiger partial charge in [0.15, 0.2) is 0 Å². The molecule has 2 nitrogen and oxygen atoms in total. The number of imidazole rings is 1. The zero-order valence-electron chi connectivity index (χ0n) is 11.3. The average Bonchev–Trinajstić information content (AvgIpc) is 2.81. The molecule has 0 aliphatic heterocycles. The molecule has 0 saturated heterocycles. The number of aryl methyl sites for hydroxylation is 1. The second kappa shape index (κ2) is 4.91. The number of alkyl halides is 1. The van der Waals surface area contributed by atoms with Crippen molar-refractivity contribution < 1.29 is 4.39 Å². The first-order valence-corrected chi connectivity index (χ1v) is 6.89. The van der Waals surface area contributed by atoms with E-state index in [2.05, 4.69) is 4.98 Å². The van der Waals surface area contributed by atoms with Gasteiger partial charge in [0.25, 0.3) is 0 Å².